The van der Waals surface area contributed by atoms with E-state index in [1.807, 2.05) is 48.5 Å². The minimum Gasteiger partial charge on any atom is -0.401 e. The number of aryl methyl sites for hydroxylation is 2. The zero-order valence-electron chi connectivity index (χ0n) is 22.2. The van der Waals surface area contributed by atoms with Gasteiger partial charge in [0, 0.05) is 23.2 Å². The summed E-state index contributed by atoms with van der Waals surface area (Å²) in [6.45, 7) is 7.38. The largest absolute Gasteiger partial charge is 0.401 e. The molecule has 5 N–H and O–H groups in total. The molecule has 0 aliphatic carbocycles. The number of benzene rings is 2. The molecule has 0 saturated carbocycles. The van der Waals surface area contributed by atoms with Crippen LogP contribution in [0.4, 0.5) is 0 Å². The lowest BCUT2D eigenvalue weighted by atomic mass is 9.96. The van der Waals surface area contributed by atoms with Crippen molar-refractivity contribution in [2.45, 2.75) is 53.4 Å². The lowest BCUT2D eigenvalue weighted by Gasteiger charge is -2.15. The van der Waals surface area contributed by atoms with Crippen LogP contribution in [-0.4, -0.2) is 36.1 Å². The van der Waals surface area contributed by atoms with Gasteiger partial charge >= 0.3 is 0 Å². The normalized spacial score (nSPS) is 12.5. The number of aromatic nitrogens is 6. The summed E-state index contributed by atoms with van der Waals surface area (Å²) >= 11 is 0. The number of nitrogens with one attached hydrogen (secondary N) is 1. The van der Waals surface area contributed by atoms with Gasteiger partial charge in [-0.15, -0.1) is 10.2 Å². The molecule has 2 aromatic heterocycles. The Bertz CT molecular complexity index is 1530. The third-order valence-electron chi connectivity index (χ3n) is 6.44. The van der Waals surface area contributed by atoms with Crippen LogP contribution >= 0.6 is 0 Å². The standard InChI is InChI=1S/C28H33N9O/c1-5-6-11-25-24(27(38)37(19(4)32-25)28(30)31-18(3)17(2)29)16-20-12-14-21(15-13-20)22-9-7-8-10-23(22)26-33-35-36-34-26/h7-10,12-15H,5-6,11,16,29H2,1-4H3,(H2,30,31)(H,33,34,35,36)/b18-17-. The Labute approximate surface area is 221 Å². The highest BCUT2D eigenvalue weighted by atomic mass is 16.1. The number of unbranched alkanes of at least 4 members (excludes halogenated alkanes) is 1. The molecule has 196 valence electrons. The van der Waals surface area contributed by atoms with E-state index in [-0.39, 0.29) is 11.5 Å². The van der Waals surface area contributed by atoms with Crippen molar-refractivity contribution in [3.05, 3.63) is 92.9 Å². The molecule has 4 rings (SSSR count). The van der Waals surface area contributed by atoms with E-state index in [1.54, 1.807) is 20.8 Å². The summed E-state index contributed by atoms with van der Waals surface area (Å²) in [4.78, 5) is 22.8. The molecule has 10 heteroatoms. The lowest BCUT2D eigenvalue weighted by Crippen LogP contribution is -2.38. The monoisotopic (exact) mass is 511 g/mol. The fraction of sp³-hybridized carbons (Fsp3) is 0.286. The van der Waals surface area contributed by atoms with Crippen molar-refractivity contribution in [3.8, 4) is 22.5 Å². The third kappa shape index (κ3) is 5.69. The average Bonchev–Trinajstić information content (AvgIpc) is 3.44. The highest BCUT2D eigenvalue weighted by Crippen LogP contribution is 2.30. The molecule has 0 aliphatic rings. The maximum atomic E-state index is 13.7. The molecule has 0 bridgehead atoms. The van der Waals surface area contributed by atoms with Crippen LogP contribution < -0.4 is 17.0 Å². The molecule has 0 spiro atoms. The molecule has 0 aliphatic heterocycles. The van der Waals surface area contributed by atoms with Crippen molar-refractivity contribution in [3.63, 3.8) is 0 Å². The molecular weight excluding hydrogens is 478 g/mol. The fourth-order valence-corrected chi connectivity index (χ4v) is 4.24. The number of hydrogen-bond donors (Lipinski definition) is 3. The van der Waals surface area contributed by atoms with Crippen LogP contribution in [0, 0.1) is 6.92 Å². The van der Waals surface area contributed by atoms with E-state index in [2.05, 4.69) is 32.5 Å². The van der Waals surface area contributed by atoms with Gasteiger partial charge in [-0.25, -0.2) is 14.5 Å². The van der Waals surface area contributed by atoms with Crippen molar-refractivity contribution in [2.75, 3.05) is 0 Å². The maximum Gasteiger partial charge on any atom is 0.264 e. The van der Waals surface area contributed by atoms with Gasteiger partial charge in [0.15, 0.2) is 0 Å². The average molecular weight is 512 g/mol. The first-order valence-corrected chi connectivity index (χ1v) is 12.6. The Morgan fingerprint density at radius 2 is 1.76 bits per heavy atom. The molecule has 0 saturated heterocycles. The zero-order chi connectivity index (χ0) is 27.2. The first-order valence-electron chi connectivity index (χ1n) is 12.6. The minimum absolute atomic E-state index is 0.0546. The van der Waals surface area contributed by atoms with Gasteiger partial charge in [0.05, 0.1) is 11.4 Å². The van der Waals surface area contributed by atoms with E-state index in [1.165, 1.54) is 4.57 Å². The number of aromatic amines is 1. The molecule has 4 aromatic rings. The predicted molar refractivity (Wildman–Crippen MR) is 149 cm³/mol. The van der Waals surface area contributed by atoms with E-state index in [0.29, 0.717) is 35.0 Å². The summed E-state index contributed by atoms with van der Waals surface area (Å²) in [5, 5.41) is 14.4. The number of aliphatic imine (C=N–C) groups is 1. The van der Waals surface area contributed by atoms with Crippen molar-refractivity contribution in [1.29, 1.82) is 0 Å². The number of nitrogens with two attached hydrogens (primary N) is 2. The molecule has 0 fully saturated rings. The van der Waals surface area contributed by atoms with Gasteiger partial charge in [-0.05, 0) is 55.5 Å². The van der Waals surface area contributed by atoms with Gasteiger partial charge in [-0.3, -0.25) is 4.79 Å². The van der Waals surface area contributed by atoms with Gasteiger partial charge in [0.25, 0.3) is 5.56 Å². The van der Waals surface area contributed by atoms with Crippen LogP contribution in [-0.2, 0) is 12.8 Å². The summed E-state index contributed by atoms with van der Waals surface area (Å²) in [6, 6.07) is 16.0. The molecule has 2 heterocycles. The van der Waals surface area contributed by atoms with Crippen LogP contribution in [0.15, 0.2) is 69.7 Å². The van der Waals surface area contributed by atoms with Crippen molar-refractivity contribution >= 4 is 5.96 Å². The van der Waals surface area contributed by atoms with Gasteiger partial charge in [0.1, 0.15) is 5.82 Å². The topological polar surface area (TPSA) is 154 Å². The second kappa shape index (κ2) is 11.6. The highest BCUT2D eigenvalue weighted by Gasteiger charge is 2.18. The Hall–Kier alpha value is -4.60. The SMILES string of the molecule is CCCCc1nc(C)n(C(N)=N/C(C)=C(/C)N)c(=O)c1Cc1ccc(-c2ccccc2-c2nn[nH]n2)cc1. The highest BCUT2D eigenvalue weighted by molar-refractivity contribution is 5.82. The molecule has 38 heavy (non-hydrogen) atoms. The van der Waals surface area contributed by atoms with E-state index in [0.717, 1.165) is 47.2 Å². The van der Waals surface area contributed by atoms with Gasteiger partial charge in [-0.2, -0.15) is 5.21 Å². The molecule has 10 nitrogen and oxygen atoms in total. The third-order valence-corrected chi connectivity index (χ3v) is 6.44. The van der Waals surface area contributed by atoms with Crippen LogP contribution in [0.5, 0.6) is 0 Å². The smallest absolute Gasteiger partial charge is 0.264 e. The number of H-pyrrole nitrogens is 1. The van der Waals surface area contributed by atoms with Crippen LogP contribution in [0.3, 0.4) is 0 Å². The summed E-state index contributed by atoms with van der Waals surface area (Å²) in [5.41, 5.74) is 18.3. The second-order valence-corrected chi connectivity index (χ2v) is 9.22. The first kappa shape index (κ1) is 26.5. The number of hydrogen-bond acceptors (Lipinski definition) is 7. The molecular formula is C28H33N9O. The van der Waals surface area contributed by atoms with Crippen LogP contribution in [0.1, 0.15) is 56.3 Å². The number of rotatable bonds is 8. The van der Waals surface area contributed by atoms with Gasteiger partial charge in [0.2, 0.25) is 11.8 Å². The second-order valence-electron chi connectivity index (χ2n) is 9.22. The van der Waals surface area contributed by atoms with Crippen LogP contribution in [0.2, 0.25) is 0 Å². The molecule has 0 amide bonds. The Kier molecular flexibility index (Phi) is 8.10. The molecule has 0 atom stereocenters. The Morgan fingerprint density at radius 3 is 2.39 bits per heavy atom. The van der Waals surface area contributed by atoms with Crippen molar-refractivity contribution < 1.29 is 0 Å². The Morgan fingerprint density at radius 1 is 1.05 bits per heavy atom. The summed E-state index contributed by atoms with van der Waals surface area (Å²) in [5.74, 6) is 1.09. The van der Waals surface area contributed by atoms with Crippen LogP contribution in [0.25, 0.3) is 22.5 Å². The van der Waals surface area contributed by atoms with E-state index in [9.17, 15) is 4.79 Å². The molecule has 0 unspecified atom stereocenters. The van der Waals surface area contributed by atoms with E-state index >= 15 is 0 Å². The van der Waals surface area contributed by atoms with Gasteiger partial charge in [-0.1, -0.05) is 61.9 Å². The van der Waals surface area contributed by atoms with Gasteiger partial charge < -0.3 is 11.5 Å². The molecule has 0 radical (unpaired) electrons. The summed E-state index contributed by atoms with van der Waals surface area (Å²) < 4.78 is 1.37. The molecule has 2 aromatic carbocycles. The van der Waals surface area contributed by atoms with Crippen molar-refractivity contribution in [2.24, 2.45) is 16.5 Å². The van der Waals surface area contributed by atoms with Crippen molar-refractivity contribution in [1.82, 2.24) is 30.2 Å². The zero-order valence-corrected chi connectivity index (χ0v) is 22.2. The van der Waals surface area contributed by atoms with E-state index in [4.69, 9.17) is 16.5 Å². The number of tetrazole rings is 1. The number of allylic oxidation sites excluding steroid dienone is 2. The number of nitrogens with zero attached hydrogens (tertiary/aromatic N) is 6. The minimum atomic E-state index is -0.209. The summed E-state index contributed by atoms with van der Waals surface area (Å²) in [7, 11) is 0. The predicted octanol–water partition coefficient (Wildman–Crippen LogP) is 3.71. The first-order chi connectivity index (χ1) is 18.3. The Balaban J connectivity index is 1.72. The van der Waals surface area contributed by atoms with E-state index < -0.39 is 0 Å². The maximum absolute atomic E-state index is 13.7. The lowest BCUT2D eigenvalue weighted by molar-refractivity contribution is 0.739. The summed E-state index contributed by atoms with van der Waals surface area (Å²) in [6.07, 6.45) is 3.08. The fourth-order valence-electron chi connectivity index (χ4n) is 4.24. The quantitative estimate of drug-likeness (QED) is 0.241.